The predicted molar refractivity (Wildman–Crippen MR) is 167 cm³/mol. The van der Waals surface area contributed by atoms with Crippen LogP contribution in [-0.2, 0) is 18.9 Å². The van der Waals surface area contributed by atoms with Crippen LogP contribution in [0.4, 0.5) is 0 Å². The molecule has 15 atom stereocenters. The number of rotatable bonds is 11. The van der Waals surface area contributed by atoms with Crippen LogP contribution in [0.25, 0.3) is 0 Å². The molecular formula is C34H65N3O7+2. The first-order valence-electron chi connectivity index (χ1n) is 18.0. The first kappa shape index (κ1) is 34.9. The minimum atomic E-state index is -0.665. The van der Waals surface area contributed by atoms with Crippen molar-refractivity contribution in [3.05, 3.63) is 0 Å². The molecule has 3 aliphatic heterocycles. The predicted octanol–water partition coefficient (Wildman–Crippen LogP) is 0.401. The molecule has 0 amide bonds. The lowest BCUT2D eigenvalue weighted by molar-refractivity contribution is -0.736. The highest BCUT2D eigenvalue weighted by Gasteiger charge is 2.45. The number of nitrogens with two attached hydrogens (primary N) is 3. The molecule has 0 radical (unpaired) electrons. The molecule has 10 nitrogen and oxygen atoms in total. The molecule has 5 rings (SSSR count). The van der Waals surface area contributed by atoms with E-state index in [0.717, 1.165) is 51.5 Å². The summed E-state index contributed by atoms with van der Waals surface area (Å²) in [6.07, 6.45) is 11.5. The molecule has 10 heteroatoms. The van der Waals surface area contributed by atoms with Crippen molar-refractivity contribution in [2.75, 3.05) is 27.4 Å². The van der Waals surface area contributed by atoms with Crippen LogP contribution >= 0.6 is 0 Å². The van der Waals surface area contributed by atoms with Gasteiger partial charge in [-0.3, -0.25) is 5.73 Å². The van der Waals surface area contributed by atoms with Crippen LogP contribution in [0.1, 0.15) is 96.8 Å². The molecule has 0 aromatic heterocycles. The summed E-state index contributed by atoms with van der Waals surface area (Å²) < 4.78 is 24.7. The van der Waals surface area contributed by atoms with Gasteiger partial charge in [-0.25, -0.2) is 0 Å². The van der Waals surface area contributed by atoms with Gasteiger partial charge in [0.05, 0.1) is 61.9 Å². The third-order valence-corrected chi connectivity index (χ3v) is 12.1. The average Bonchev–Trinajstić information content (AvgIpc) is 3.01. The third kappa shape index (κ3) is 9.36. The van der Waals surface area contributed by atoms with E-state index in [4.69, 9.17) is 24.7 Å². The minimum absolute atomic E-state index is 0.0217. The van der Waals surface area contributed by atoms with Crippen LogP contribution in [0.3, 0.4) is 0 Å². The summed E-state index contributed by atoms with van der Waals surface area (Å²) in [5.41, 5.74) is 6.28. The lowest BCUT2D eigenvalue weighted by Crippen LogP contribution is -2.98. The molecule has 0 aromatic rings. The monoisotopic (exact) mass is 627 g/mol. The summed E-state index contributed by atoms with van der Waals surface area (Å²) in [6, 6.07) is 0.982. The molecule has 2 aliphatic carbocycles. The highest BCUT2D eigenvalue weighted by Crippen LogP contribution is 2.39. The number of aliphatic hydroxyl groups excluding tert-OH is 3. The van der Waals surface area contributed by atoms with Gasteiger partial charge in [-0.1, -0.05) is 0 Å². The zero-order valence-corrected chi connectivity index (χ0v) is 27.7. The van der Waals surface area contributed by atoms with Crippen LogP contribution in [0, 0.1) is 23.7 Å². The normalized spacial score (nSPS) is 47.4. The smallest absolute Gasteiger partial charge is 0.137 e. The minimum Gasteiger partial charge on any atom is -0.393 e. The number of ether oxygens (including phenoxy) is 4. The Morgan fingerprint density at radius 3 is 2.39 bits per heavy atom. The Labute approximate surface area is 265 Å². The van der Waals surface area contributed by atoms with E-state index in [-0.39, 0.29) is 54.8 Å². The fraction of sp³-hybridized carbons (Fsp3) is 1.00. The van der Waals surface area contributed by atoms with E-state index in [2.05, 4.69) is 17.6 Å². The lowest BCUT2D eigenvalue weighted by Gasteiger charge is -2.45. The quantitative estimate of drug-likeness (QED) is 0.192. The van der Waals surface area contributed by atoms with Crippen LogP contribution in [-0.4, -0.2) is 110 Å². The van der Waals surface area contributed by atoms with Crippen molar-refractivity contribution in [3.8, 4) is 0 Å². The summed E-state index contributed by atoms with van der Waals surface area (Å²) in [6.45, 7) is 4.09. The van der Waals surface area contributed by atoms with Gasteiger partial charge >= 0.3 is 0 Å². The topological polar surface area (TPSA) is 157 Å². The second-order valence-electron chi connectivity index (χ2n) is 15.4. The van der Waals surface area contributed by atoms with E-state index in [1.165, 1.54) is 25.7 Å². The van der Waals surface area contributed by atoms with Gasteiger partial charge in [0, 0.05) is 26.6 Å². The SMILES string of the molecule is COC1CC(CC[C@H]2C[C@H](O)C[C@H](C3CC(OC)C(O)C(OC[C@@H]4[NH2+][C@@H](C)CC[C@@H]4CC4CC[NH2+]C(N)C4)C3)O2)CCC1O. The van der Waals surface area contributed by atoms with E-state index in [0.29, 0.717) is 55.7 Å². The Balaban J connectivity index is 1.16. The van der Waals surface area contributed by atoms with E-state index < -0.39 is 6.10 Å². The van der Waals surface area contributed by atoms with Crippen molar-refractivity contribution in [3.63, 3.8) is 0 Å². The number of hydrogen-bond acceptors (Lipinski definition) is 8. The van der Waals surface area contributed by atoms with Crippen LogP contribution < -0.4 is 16.4 Å². The van der Waals surface area contributed by atoms with E-state index in [9.17, 15) is 15.3 Å². The Morgan fingerprint density at radius 1 is 0.818 bits per heavy atom. The van der Waals surface area contributed by atoms with Gasteiger partial charge in [-0.15, -0.1) is 0 Å². The van der Waals surface area contributed by atoms with Crippen molar-refractivity contribution in [2.45, 2.75) is 164 Å². The van der Waals surface area contributed by atoms with Gasteiger partial charge in [0.25, 0.3) is 0 Å². The summed E-state index contributed by atoms with van der Waals surface area (Å²) >= 11 is 0. The van der Waals surface area contributed by atoms with Crippen molar-refractivity contribution in [2.24, 2.45) is 29.4 Å². The van der Waals surface area contributed by atoms with E-state index in [1.807, 2.05) is 0 Å². The molecular weight excluding hydrogens is 562 g/mol. The molecule has 0 spiro atoms. The van der Waals surface area contributed by atoms with Gasteiger partial charge in [0.15, 0.2) is 0 Å². The van der Waals surface area contributed by atoms with Gasteiger partial charge in [0.2, 0.25) is 0 Å². The van der Waals surface area contributed by atoms with Crippen molar-refractivity contribution < 1.29 is 44.9 Å². The number of methoxy groups -OCH3 is 2. The summed E-state index contributed by atoms with van der Waals surface area (Å²) in [5, 5.41) is 37.1. The first-order valence-corrected chi connectivity index (χ1v) is 18.0. The number of piperidine rings is 2. The van der Waals surface area contributed by atoms with Crippen LogP contribution in [0.5, 0.6) is 0 Å². The van der Waals surface area contributed by atoms with Crippen molar-refractivity contribution in [1.29, 1.82) is 0 Å². The first-order chi connectivity index (χ1) is 21.2. The Bertz CT molecular complexity index is 856. The van der Waals surface area contributed by atoms with E-state index >= 15 is 0 Å². The zero-order chi connectivity index (χ0) is 31.2. The molecule has 0 aromatic carbocycles. The molecule has 5 aliphatic rings. The van der Waals surface area contributed by atoms with Gasteiger partial charge in [-0.2, -0.15) is 0 Å². The van der Waals surface area contributed by atoms with Gasteiger partial charge in [-0.05, 0) is 108 Å². The molecule has 44 heavy (non-hydrogen) atoms. The number of hydrogen-bond donors (Lipinski definition) is 6. The maximum absolute atomic E-state index is 11.3. The van der Waals surface area contributed by atoms with Gasteiger partial charge in [0.1, 0.15) is 18.3 Å². The second kappa shape index (κ2) is 16.6. The zero-order valence-electron chi connectivity index (χ0n) is 27.7. The molecule has 256 valence electrons. The highest BCUT2D eigenvalue weighted by atomic mass is 16.5. The summed E-state index contributed by atoms with van der Waals surface area (Å²) in [4.78, 5) is 0. The Morgan fingerprint density at radius 2 is 1.61 bits per heavy atom. The summed E-state index contributed by atoms with van der Waals surface area (Å²) in [5.74, 6) is 1.99. The lowest BCUT2D eigenvalue weighted by atomic mass is 9.76. The molecule has 9 N–H and O–H groups in total. The number of aliphatic hydroxyl groups is 3. The molecule has 2 saturated carbocycles. The molecule has 3 heterocycles. The largest absolute Gasteiger partial charge is 0.393 e. The average molecular weight is 628 g/mol. The fourth-order valence-corrected chi connectivity index (χ4v) is 9.44. The second-order valence-corrected chi connectivity index (χ2v) is 15.4. The Kier molecular flexibility index (Phi) is 13.2. The molecule has 0 bridgehead atoms. The molecule has 5 fully saturated rings. The fourth-order valence-electron chi connectivity index (χ4n) is 9.44. The molecule has 3 saturated heterocycles. The van der Waals surface area contributed by atoms with Crippen molar-refractivity contribution in [1.82, 2.24) is 0 Å². The third-order valence-electron chi connectivity index (χ3n) is 12.1. The van der Waals surface area contributed by atoms with E-state index in [1.54, 1.807) is 14.2 Å². The molecule has 9 unspecified atom stereocenters. The van der Waals surface area contributed by atoms with Crippen LogP contribution in [0.15, 0.2) is 0 Å². The highest BCUT2D eigenvalue weighted by molar-refractivity contribution is 4.94. The summed E-state index contributed by atoms with van der Waals surface area (Å²) in [7, 11) is 3.37. The number of quaternary nitrogens is 2. The van der Waals surface area contributed by atoms with Gasteiger partial charge < -0.3 is 44.9 Å². The maximum Gasteiger partial charge on any atom is 0.137 e. The standard InChI is InChI=1S/C34H63N3O7/c1-20-4-7-23(12-22-10-11-36-33(35)14-22)27(37-20)19-43-32-16-24(15-31(42-3)34(32)40)29-18-25(38)17-26(44-29)8-5-21-6-9-28(39)30(13-21)41-2/h20-34,36-40H,4-19,35H2,1-3H3/p+2/t20-,21?,22?,23+,24?,25-,26-,27-,28?,29+,30?,31?,32?,33?,34?/m0/s1. The van der Waals surface area contributed by atoms with Crippen LogP contribution in [0.2, 0.25) is 0 Å². The van der Waals surface area contributed by atoms with Crippen molar-refractivity contribution >= 4 is 0 Å². The Hall–Kier alpha value is -0.400. The maximum atomic E-state index is 11.3.